The molecule has 16 heavy (non-hydrogen) atoms. The Kier molecular flexibility index (Phi) is 5.24. The van der Waals surface area contributed by atoms with Gasteiger partial charge in [-0.15, -0.1) is 0 Å². The molecule has 0 fully saturated rings. The molecule has 0 heterocycles. The van der Waals surface area contributed by atoms with Crippen molar-refractivity contribution in [1.82, 2.24) is 0 Å². The summed E-state index contributed by atoms with van der Waals surface area (Å²) in [6.07, 6.45) is 13.8. The van der Waals surface area contributed by atoms with Crippen LogP contribution in [0.15, 0.2) is 36.0 Å². The molecule has 0 aromatic rings. The van der Waals surface area contributed by atoms with E-state index in [1.807, 2.05) is 0 Å². The van der Waals surface area contributed by atoms with E-state index in [0.29, 0.717) is 11.8 Å². The molecule has 0 spiro atoms. The van der Waals surface area contributed by atoms with Crippen molar-refractivity contribution in [3.05, 3.63) is 36.0 Å². The maximum absolute atomic E-state index is 8.24. The first-order chi connectivity index (χ1) is 7.63. The summed E-state index contributed by atoms with van der Waals surface area (Å²) in [6.45, 7) is 6.53. The Morgan fingerprint density at radius 3 is 2.62 bits per heavy atom. The largest absolute Gasteiger partial charge is 0.305 e. The first kappa shape index (κ1) is 13.0. The van der Waals surface area contributed by atoms with Gasteiger partial charge in [0.2, 0.25) is 0 Å². The van der Waals surface area contributed by atoms with Crippen molar-refractivity contribution >= 4 is 5.71 Å². The molecule has 0 saturated carbocycles. The minimum absolute atomic E-state index is 0.355. The molecule has 0 aliphatic heterocycles. The monoisotopic (exact) mass is 217 g/mol. The van der Waals surface area contributed by atoms with Crippen LogP contribution in [-0.2, 0) is 0 Å². The highest BCUT2D eigenvalue weighted by atomic mass is 14.5. The van der Waals surface area contributed by atoms with Gasteiger partial charge in [0.25, 0.3) is 0 Å². The summed E-state index contributed by atoms with van der Waals surface area (Å²) < 4.78 is 0. The molecule has 1 aliphatic rings. The van der Waals surface area contributed by atoms with E-state index in [2.05, 4.69) is 51.2 Å². The van der Waals surface area contributed by atoms with Crippen LogP contribution in [0.5, 0.6) is 0 Å². The fraction of sp³-hybridized carbons (Fsp3) is 0.533. The van der Waals surface area contributed by atoms with Crippen LogP contribution in [0, 0.1) is 17.2 Å². The summed E-state index contributed by atoms with van der Waals surface area (Å²) in [5.41, 5.74) is 2.03. The molecule has 1 N–H and O–H groups in total. The lowest BCUT2D eigenvalue weighted by Crippen LogP contribution is -2.18. The van der Waals surface area contributed by atoms with E-state index in [4.69, 9.17) is 5.41 Å². The van der Waals surface area contributed by atoms with Crippen molar-refractivity contribution in [2.45, 2.75) is 40.0 Å². The molecule has 0 saturated heterocycles. The Balaban J connectivity index is 2.76. The van der Waals surface area contributed by atoms with Crippen molar-refractivity contribution < 1.29 is 0 Å². The predicted molar refractivity (Wildman–Crippen MR) is 71.9 cm³/mol. The zero-order valence-corrected chi connectivity index (χ0v) is 10.7. The van der Waals surface area contributed by atoms with Gasteiger partial charge in [-0.2, -0.15) is 0 Å². The summed E-state index contributed by atoms with van der Waals surface area (Å²) in [7, 11) is 0. The van der Waals surface area contributed by atoms with Crippen LogP contribution in [0.1, 0.15) is 40.0 Å². The highest BCUT2D eigenvalue weighted by Crippen LogP contribution is 2.20. The molecule has 1 aliphatic carbocycles. The molecular formula is C15H23N. The summed E-state index contributed by atoms with van der Waals surface area (Å²) in [5.74, 6) is 0.900. The first-order valence-corrected chi connectivity index (χ1v) is 6.24. The van der Waals surface area contributed by atoms with Gasteiger partial charge in [0.05, 0.1) is 0 Å². The van der Waals surface area contributed by atoms with Crippen LogP contribution in [-0.4, -0.2) is 5.71 Å². The maximum atomic E-state index is 8.24. The number of hydrogen-bond donors (Lipinski definition) is 1. The second kappa shape index (κ2) is 6.47. The molecule has 1 nitrogen and oxygen atoms in total. The van der Waals surface area contributed by atoms with E-state index < -0.39 is 0 Å². The lowest BCUT2D eigenvalue weighted by Gasteiger charge is -2.19. The Bertz CT molecular complexity index is 318. The third-order valence-corrected chi connectivity index (χ3v) is 3.27. The molecule has 1 heteroatoms. The van der Waals surface area contributed by atoms with Crippen molar-refractivity contribution in [3.8, 4) is 0 Å². The molecular weight excluding hydrogens is 194 g/mol. The van der Waals surface area contributed by atoms with E-state index in [1.54, 1.807) is 0 Å². The quantitative estimate of drug-likeness (QED) is 0.672. The van der Waals surface area contributed by atoms with Gasteiger partial charge in [-0.3, -0.25) is 0 Å². The summed E-state index contributed by atoms with van der Waals surface area (Å²) in [6, 6.07) is 0. The molecule has 88 valence electrons. The standard InChI is InChI=1S/C15H23N/c1-12(2)13(3)15(16)14-10-8-6-4-5-7-9-11-14/h4-6,8,10,12-13,16H,7,9,11H2,1-3H3/b5-4?,8-6-,14-10?,16-15?. The van der Waals surface area contributed by atoms with Gasteiger partial charge in [-0.1, -0.05) is 51.2 Å². The van der Waals surface area contributed by atoms with Gasteiger partial charge in [-0.25, -0.2) is 0 Å². The average Bonchev–Trinajstić information content (AvgIpc) is 2.40. The van der Waals surface area contributed by atoms with Crippen LogP contribution in [0.4, 0.5) is 0 Å². The molecule has 1 rings (SSSR count). The fourth-order valence-electron chi connectivity index (χ4n) is 1.75. The molecule has 0 amide bonds. The normalized spacial score (nSPS) is 20.6. The van der Waals surface area contributed by atoms with E-state index >= 15 is 0 Å². The summed E-state index contributed by atoms with van der Waals surface area (Å²) >= 11 is 0. The molecule has 1 unspecified atom stereocenters. The molecule has 0 aromatic heterocycles. The summed E-state index contributed by atoms with van der Waals surface area (Å²) in [5, 5.41) is 8.24. The third-order valence-electron chi connectivity index (χ3n) is 3.27. The van der Waals surface area contributed by atoms with Crippen LogP contribution >= 0.6 is 0 Å². The van der Waals surface area contributed by atoms with E-state index in [9.17, 15) is 0 Å². The van der Waals surface area contributed by atoms with Gasteiger partial charge in [0.1, 0.15) is 0 Å². The average molecular weight is 217 g/mol. The van der Waals surface area contributed by atoms with Crippen molar-refractivity contribution in [2.75, 3.05) is 0 Å². The first-order valence-electron chi connectivity index (χ1n) is 6.24. The minimum Gasteiger partial charge on any atom is -0.305 e. The van der Waals surface area contributed by atoms with Crippen molar-refractivity contribution in [2.24, 2.45) is 11.8 Å². The Labute approximate surface area is 99.5 Å². The van der Waals surface area contributed by atoms with Crippen LogP contribution in [0.3, 0.4) is 0 Å². The second-order valence-corrected chi connectivity index (χ2v) is 4.84. The van der Waals surface area contributed by atoms with Gasteiger partial charge in [-0.05, 0) is 30.8 Å². The highest BCUT2D eigenvalue weighted by Gasteiger charge is 2.16. The Morgan fingerprint density at radius 1 is 1.19 bits per heavy atom. The molecule has 0 aromatic carbocycles. The topological polar surface area (TPSA) is 23.9 Å². The Hall–Kier alpha value is -1.11. The zero-order valence-electron chi connectivity index (χ0n) is 10.7. The van der Waals surface area contributed by atoms with E-state index in [0.717, 1.165) is 25.0 Å². The van der Waals surface area contributed by atoms with E-state index in [1.165, 1.54) is 5.57 Å². The van der Waals surface area contributed by atoms with Crippen LogP contribution in [0.2, 0.25) is 0 Å². The molecule has 0 radical (unpaired) electrons. The zero-order chi connectivity index (χ0) is 12.0. The lowest BCUT2D eigenvalue weighted by molar-refractivity contribution is 0.528. The fourth-order valence-corrected chi connectivity index (χ4v) is 1.75. The number of allylic oxidation sites excluding steroid dienone is 6. The Morgan fingerprint density at radius 2 is 1.94 bits per heavy atom. The second-order valence-electron chi connectivity index (χ2n) is 4.84. The minimum atomic E-state index is 0.355. The van der Waals surface area contributed by atoms with Gasteiger partial charge >= 0.3 is 0 Å². The van der Waals surface area contributed by atoms with E-state index in [-0.39, 0.29) is 0 Å². The molecule has 1 atom stereocenters. The smallest absolute Gasteiger partial charge is 0.0376 e. The number of hydrogen-bond acceptors (Lipinski definition) is 1. The van der Waals surface area contributed by atoms with Gasteiger partial charge < -0.3 is 5.41 Å². The highest BCUT2D eigenvalue weighted by molar-refractivity contribution is 5.99. The van der Waals surface area contributed by atoms with Crippen LogP contribution < -0.4 is 0 Å². The SMILES string of the molecule is CC(C)C(C)C(=N)C1=C/C=C\C=CCCC1. The van der Waals surface area contributed by atoms with Gasteiger partial charge in [0.15, 0.2) is 0 Å². The predicted octanol–water partition coefficient (Wildman–Crippen LogP) is 4.52. The number of nitrogens with one attached hydrogen (secondary N) is 1. The lowest BCUT2D eigenvalue weighted by atomic mass is 9.87. The maximum Gasteiger partial charge on any atom is 0.0376 e. The molecule has 0 bridgehead atoms. The van der Waals surface area contributed by atoms with Gasteiger partial charge in [0, 0.05) is 11.6 Å². The van der Waals surface area contributed by atoms with Crippen molar-refractivity contribution in [1.29, 1.82) is 5.41 Å². The number of rotatable bonds is 3. The third kappa shape index (κ3) is 3.80. The van der Waals surface area contributed by atoms with Crippen LogP contribution in [0.25, 0.3) is 0 Å². The van der Waals surface area contributed by atoms with Crippen molar-refractivity contribution in [3.63, 3.8) is 0 Å². The summed E-state index contributed by atoms with van der Waals surface area (Å²) in [4.78, 5) is 0.